The molecule has 1 aromatic heterocycles. The molecular weight excluding hydrogens is 344 g/mol. The summed E-state index contributed by atoms with van der Waals surface area (Å²) >= 11 is 1.46. The van der Waals surface area contributed by atoms with Crippen LogP contribution >= 0.6 is 11.3 Å². The Hall–Kier alpha value is -1.57. The highest BCUT2D eigenvalue weighted by Gasteiger charge is 2.26. The lowest BCUT2D eigenvalue weighted by Gasteiger charge is -2.15. The van der Waals surface area contributed by atoms with E-state index in [1.165, 1.54) is 11.3 Å². The summed E-state index contributed by atoms with van der Waals surface area (Å²) in [7, 11) is -3.38. The maximum atomic E-state index is 12.5. The van der Waals surface area contributed by atoms with Gasteiger partial charge in [-0.05, 0) is 25.0 Å². The Kier molecular flexibility index (Phi) is 5.12. The number of hydrogen-bond donors (Lipinski definition) is 0. The SMILES string of the molecule is CCC(=O)Cc1nc(-c2ccc(S(=O)(=O)N3CCCC3)cc2)cs1. The molecule has 0 bridgehead atoms. The molecule has 5 nitrogen and oxygen atoms in total. The fourth-order valence-corrected chi connectivity index (χ4v) is 5.04. The van der Waals surface area contributed by atoms with E-state index in [-0.39, 0.29) is 5.78 Å². The Morgan fingerprint density at radius 1 is 1.21 bits per heavy atom. The lowest BCUT2D eigenvalue weighted by Crippen LogP contribution is -2.27. The van der Waals surface area contributed by atoms with Gasteiger partial charge in [0.15, 0.2) is 0 Å². The molecule has 128 valence electrons. The average molecular weight is 364 g/mol. The van der Waals surface area contributed by atoms with Crippen molar-refractivity contribution in [3.63, 3.8) is 0 Å². The van der Waals surface area contributed by atoms with E-state index in [4.69, 9.17) is 0 Å². The lowest BCUT2D eigenvalue weighted by atomic mass is 10.2. The molecule has 0 spiro atoms. The first-order valence-corrected chi connectivity index (χ1v) is 10.4. The summed E-state index contributed by atoms with van der Waals surface area (Å²) in [6, 6.07) is 6.84. The Morgan fingerprint density at radius 2 is 1.88 bits per heavy atom. The van der Waals surface area contributed by atoms with E-state index in [2.05, 4.69) is 4.98 Å². The second-order valence-electron chi connectivity index (χ2n) is 5.83. The number of Topliss-reactive ketones (excluding diaryl/α,β-unsaturated/α-hetero) is 1. The molecule has 24 heavy (non-hydrogen) atoms. The van der Waals surface area contributed by atoms with Crippen LogP contribution in [0.15, 0.2) is 34.5 Å². The third-order valence-corrected chi connectivity index (χ3v) is 6.91. The minimum atomic E-state index is -3.38. The fraction of sp³-hybridized carbons (Fsp3) is 0.412. The number of aromatic nitrogens is 1. The van der Waals surface area contributed by atoms with Crippen LogP contribution in [0.1, 0.15) is 31.2 Å². The largest absolute Gasteiger partial charge is 0.299 e. The van der Waals surface area contributed by atoms with Gasteiger partial charge in [-0.1, -0.05) is 19.1 Å². The van der Waals surface area contributed by atoms with Crippen LogP contribution < -0.4 is 0 Å². The molecule has 1 aromatic carbocycles. The Morgan fingerprint density at radius 3 is 2.50 bits per heavy atom. The molecule has 1 aliphatic rings. The van der Waals surface area contributed by atoms with Gasteiger partial charge in [-0.3, -0.25) is 4.79 Å². The molecule has 0 atom stereocenters. The zero-order valence-electron chi connectivity index (χ0n) is 13.6. The molecule has 0 aliphatic carbocycles. The molecular formula is C17H20N2O3S2. The predicted octanol–water partition coefficient (Wildman–Crippen LogP) is 3.12. The summed E-state index contributed by atoms with van der Waals surface area (Å²) in [5, 5.41) is 2.70. The molecule has 0 unspecified atom stereocenters. The van der Waals surface area contributed by atoms with Crippen LogP contribution in [0.5, 0.6) is 0 Å². The number of carbonyl (C=O) groups excluding carboxylic acids is 1. The second-order valence-corrected chi connectivity index (χ2v) is 8.71. The molecule has 7 heteroatoms. The van der Waals surface area contributed by atoms with Gasteiger partial charge in [0.25, 0.3) is 0 Å². The Labute approximate surface area is 146 Å². The van der Waals surface area contributed by atoms with Crippen molar-refractivity contribution in [3.8, 4) is 11.3 Å². The molecule has 2 aromatic rings. The van der Waals surface area contributed by atoms with E-state index in [0.29, 0.717) is 30.8 Å². The summed E-state index contributed by atoms with van der Waals surface area (Å²) in [6.45, 7) is 3.05. The molecule has 0 amide bonds. The van der Waals surface area contributed by atoms with Crippen molar-refractivity contribution in [2.24, 2.45) is 0 Å². The molecule has 0 radical (unpaired) electrons. The highest BCUT2D eigenvalue weighted by molar-refractivity contribution is 7.89. The first-order valence-electron chi connectivity index (χ1n) is 8.07. The first kappa shape index (κ1) is 17.3. The highest BCUT2D eigenvalue weighted by Crippen LogP contribution is 2.26. The average Bonchev–Trinajstić information content (AvgIpc) is 3.27. The van der Waals surface area contributed by atoms with E-state index in [1.807, 2.05) is 12.3 Å². The lowest BCUT2D eigenvalue weighted by molar-refractivity contribution is -0.118. The Balaban J connectivity index is 1.78. The predicted molar refractivity (Wildman–Crippen MR) is 94.5 cm³/mol. The molecule has 0 N–H and O–H groups in total. The highest BCUT2D eigenvalue weighted by atomic mass is 32.2. The number of benzene rings is 1. The molecule has 0 saturated carbocycles. The van der Waals surface area contributed by atoms with E-state index in [9.17, 15) is 13.2 Å². The smallest absolute Gasteiger partial charge is 0.243 e. The van der Waals surface area contributed by atoms with Gasteiger partial charge in [0.1, 0.15) is 10.8 Å². The fourth-order valence-electron chi connectivity index (χ4n) is 2.69. The van der Waals surface area contributed by atoms with Gasteiger partial charge < -0.3 is 0 Å². The van der Waals surface area contributed by atoms with Crippen molar-refractivity contribution in [2.45, 2.75) is 37.5 Å². The van der Waals surface area contributed by atoms with Gasteiger partial charge in [0.05, 0.1) is 17.0 Å². The third kappa shape index (κ3) is 3.58. The van der Waals surface area contributed by atoms with E-state index in [1.54, 1.807) is 28.6 Å². The van der Waals surface area contributed by atoms with Crippen LogP contribution in [0.4, 0.5) is 0 Å². The topological polar surface area (TPSA) is 67.3 Å². The molecule has 2 heterocycles. The maximum absolute atomic E-state index is 12.5. The van der Waals surface area contributed by atoms with Crippen molar-refractivity contribution >= 4 is 27.1 Å². The summed E-state index contributed by atoms with van der Waals surface area (Å²) in [6.07, 6.45) is 2.73. The molecule has 1 saturated heterocycles. The van der Waals surface area contributed by atoms with E-state index >= 15 is 0 Å². The standard InChI is InChI=1S/C17H20N2O3S2/c1-2-14(20)11-17-18-16(12-23-17)13-5-7-15(8-6-13)24(21,22)19-9-3-4-10-19/h5-8,12H,2-4,9-11H2,1H3. The van der Waals surface area contributed by atoms with Crippen LogP contribution in [0.2, 0.25) is 0 Å². The van der Waals surface area contributed by atoms with Crippen molar-refractivity contribution in [3.05, 3.63) is 34.7 Å². The van der Waals surface area contributed by atoms with Gasteiger partial charge in [-0.15, -0.1) is 11.3 Å². The summed E-state index contributed by atoms with van der Waals surface area (Å²) in [4.78, 5) is 16.3. The maximum Gasteiger partial charge on any atom is 0.243 e. The monoisotopic (exact) mass is 364 g/mol. The van der Waals surface area contributed by atoms with Crippen LogP contribution in [-0.2, 0) is 21.2 Å². The van der Waals surface area contributed by atoms with Gasteiger partial charge in [0, 0.05) is 30.5 Å². The van der Waals surface area contributed by atoms with Crippen molar-refractivity contribution < 1.29 is 13.2 Å². The normalized spacial score (nSPS) is 15.7. The first-order chi connectivity index (χ1) is 11.5. The van der Waals surface area contributed by atoms with Gasteiger partial charge in [-0.25, -0.2) is 13.4 Å². The van der Waals surface area contributed by atoms with Gasteiger partial charge in [-0.2, -0.15) is 4.31 Å². The van der Waals surface area contributed by atoms with Gasteiger partial charge >= 0.3 is 0 Å². The van der Waals surface area contributed by atoms with Crippen LogP contribution in [-0.4, -0.2) is 36.6 Å². The molecule has 1 fully saturated rings. The van der Waals surface area contributed by atoms with Crippen LogP contribution in [0, 0.1) is 0 Å². The Bertz CT molecular complexity index is 820. The number of ketones is 1. The van der Waals surface area contributed by atoms with Crippen LogP contribution in [0.25, 0.3) is 11.3 Å². The van der Waals surface area contributed by atoms with Crippen molar-refractivity contribution in [2.75, 3.05) is 13.1 Å². The summed E-state index contributed by atoms with van der Waals surface area (Å²) < 4.78 is 26.6. The van der Waals surface area contributed by atoms with Crippen molar-refractivity contribution in [1.29, 1.82) is 0 Å². The summed E-state index contributed by atoms with van der Waals surface area (Å²) in [5.74, 6) is 0.169. The third-order valence-electron chi connectivity index (χ3n) is 4.15. The minimum Gasteiger partial charge on any atom is -0.299 e. The van der Waals surface area contributed by atoms with E-state index < -0.39 is 10.0 Å². The number of rotatable bonds is 6. The zero-order chi connectivity index (χ0) is 17.2. The second kappa shape index (κ2) is 7.13. The summed E-state index contributed by atoms with van der Waals surface area (Å²) in [5.41, 5.74) is 1.64. The zero-order valence-corrected chi connectivity index (χ0v) is 15.2. The van der Waals surface area contributed by atoms with Crippen molar-refractivity contribution in [1.82, 2.24) is 9.29 Å². The quantitative estimate of drug-likeness (QED) is 0.790. The van der Waals surface area contributed by atoms with E-state index in [0.717, 1.165) is 29.1 Å². The number of carbonyl (C=O) groups is 1. The molecule has 1 aliphatic heterocycles. The van der Waals surface area contributed by atoms with Gasteiger partial charge in [0.2, 0.25) is 10.0 Å². The number of nitrogens with zero attached hydrogens (tertiary/aromatic N) is 2. The number of thiazole rings is 1. The minimum absolute atomic E-state index is 0.169. The molecule has 3 rings (SSSR count). The van der Waals surface area contributed by atoms with Crippen LogP contribution in [0.3, 0.4) is 0 Å². The number of sulfonamides is 1. The number of hydrogen-bond acceptors (Lipinski definition) is 5.